The fraction of sp³-hybridized carbons (Fsp3) is 0.450. The molecule has 1 aliphatic rings. The minimum Gasteiger partial charge on any atom is -0.487 e. The number of nitriles is 1. The highest BCUT2D eigenvalue weighted by atomic mass is 32.2. The number of nitro groups is 1. The first-order valence-electron chi connectivity index (χ1n) is 10.1. The number of nitrogens with zero attached hydrogens (tertiary/aromatic N) is 4. The van der Waals surface area contributed by atoms with Gasteiger partial charge in [0.2, 0.25) is 5.82 Å². The van der Waals surface area contributed by atoms with E-state index in [0.717, 1.165) is 24.3 Å². The first kappa shape index (κ1) is 23.5. The molecule has 0 amide bonds. The van der Waals surface area contributed by atoms with Gasteiger partial charge in [0.05, 0.1) is 36.4 Å². The lowest BCUT2D eigenvalue weighted by Crippen LogP contribution is -2.25. The Kier molecular flexibility index (Phi) is 8.85. The molecule has 0 saturated carbocycles. The van der Waals surface area contributed by atoms with Crippen LogP contribution in [0.25, 0.3) is 0 Å². The van der Waals surface area contributed by atoms with E-state index >= 15 is 0 Å². The molecule has 0 atom stereocenters. The average molecular weight is 461 g/mol. The molecule has 0 unspecified atom stereocenters. The third-order valence-electron chi connectivity index (χ3n) is 4.59. The molecule has 1 aliphatic heterocycles. The van der Waals surface area contributed by atoms with Crippen LogP contribution in [0.2, 0.25) is 0 Å². The number of aliphatic hydroxyl groups is 1. The predicted molar refractivity (Wildman–Crippen MR) is 120 cm³/mol. The molecule has 0 aromatic carbocycles. The lowest BCUT2D eigenvalue weighted by molar-refractivity contribution is -0.384. The molecule has 1 fully saturated rings. The predicted octanol–water partition coefficient (Wildman–Crippen LogP) is 2.70. The number of nitrogens with one attached hydrogen (secondary N) is 2. The number of aliphatic hydroxyl groups excluding tert-OH is 1. The Bertz CT molecular complexity index is 947. The van der Waals surface area contributed by atoms with Crippen LogP contribution < -0.4 is 15.4 Å². The second-order valence-electron chi connectivity index (χ2n) is 6.84. The molecule has 170 valence electrons. The highest BCUT2D eigenvalue weighted by Gasteiger charge is 2.24. The van der Waals surface area contributed by atoms with Crippen LogP contribution in [-0.2, 0) is 4.74 Å². The summed E-state index contributed by atoms with van der Waals surface area (Å²) in [5, 5.41) is 35.7. The van der Waals surface area contributed by atoms with Gasteiger partial charge in [-0.3, -0.25) is 10.1 Å². The molecule has 0 radical (unpaired) electrons. The van der Waals surface area contributed by atoms with Crippen LogP contribution >= 0.6 is 11.8 Å². The van der Waals surface area contributed by atoms with Crippen LogP contribution in [0.4, 0.5) is 23.1 Å². The van der Waals surface area contributed by atoms with Crippen LogP contribution in [0.15, 0.2) is 24.4 Å². The fourth-order valence-electron chi connectivity index (χ4n) is 3.00. The maximum Gasteiger partial charge on any atom is 0.315 e. The first-order valence-corrected chi connectivity index (χ1v) is 11.2. The minimum atomic E-state index is -0.546. The summed E-state index contributed by atoms with van der Waals surface area (Å²) in [4.78, 5) is 19.7. The van der Waals surface area contributed by atoms with Gasteiger partial charge in [-0.05, 0) is 36.5 Å². The van der Waals surface area contributed by atoms with Crippen molar-refractivity contribution in [3.63, 3.8) is 0 Å². The fourth-order valence-corrected chi connectivity index (χ4v) is 4.10. The Morgan fingerprint density at radius 1 is 1.28 bits per heavy atom. The number of thioether (sulfide) groups is 1. The SMILES string of the molecule is N#Cc1ccc(Nc2nc(NC3CCSCC3)c(OCCOCCO)cc2[N+](=O)[O-])nc1. The van der Waals surface area contributed by atoms with Gasteiger partial charge in [-0.1, -0.05) is 0 Å². The molecule has 32 heavy (non-hydrogen) atoms. The normalized spacial score (nSPS) is 13.9. The topological polar surface area (TPSA) is 155 Å². The molecule has 0 bridgehead atoms. The quantitative estimate of drug-likeness (QED) is 0.257. The van der Waals surface area contributed by atoms with E-state index in [2.05, 4.69) is 20.6 Å². The monoisotopic (exact) mass is 460 g/mol. The Labute approximate surface area is 189 Å². The van der Waals surface area contributed by atoms with Gasteiger partial charge in [-0.25, -0.2) is 9.97 Å². The minimum absolute atomic E-state index is 0.0174. The van der Waals surface area contributed by atoms with Gasteiger partial charge in [0.15, 0.2) is 11.6 Å². The van der Waals surface area contributed by atoms with Crippen molar-refractivity contribution < 1.29 is 19.5 Å². The molecule has 2 aromatic heterocycles. The first-order chi connectivity index (χ1) is 15.6. The zero-order valence-corrected chi connectivity index (χ0v) is 18.1. The van der Waals surface area contributed by atoms with Gasteiger partial charge >= 0.3 is 5.69 Å². The smallest absolute Gasteiger partial charge is 0.315 e. The third kappa shape index (κ3) is 6.68. The molecule has 0 spiro atoms. The number of hydrogen-bond donors (Lipinski definition) is 3. The number of hydrogen-bond acceptors (Lipinski definition) is 11. The summed E-state index contributed by atoms with van der Waals surface area (Å²) in [7, 11) is 0. The Morgan fingerprint density at radius 2 is 2.09 bits per heavy atom. The summed E-state index contributed by atoms with van der Waals surface area (Å²) in [6.07, 6.45) is 3.27. The van der Waals surface area contributed by atoms with Crippen molar-refractivity contribution in [2.24, 2.45) is 0 Å². The van der Waals surface area contributed by atoms with E-state index in [-0.39, 0.29) is 49.7 Å². The van der Waals surface area contributed by atoms with Crippen LogP contribution in [-0.4, -0.2) is 64.0 Å². The molecule has 1 saturated heterocycles. The number of ether oxygens (including phenoxy) is 2. The molecule has 3 heterocycles. The number of aromatic nitrogens is 2. The van der Waals surface area contributed by atoms with E-state index in [1.54, 1.807) is 12.1 Å². The lowest BCUT2D eigenvalue weighted by Gasteiger charge is -2.24. The maximum absolute atomic E-state index is 11.7. The summed E-state index contributed by atoms with van der Waals surface area (Å²) in [5.41, 5.74) is 0.106. The maximum atomic E-state index is 11.7. The van der Waals surface area contributed by atoms with Crippen molar-refractivity contribution in [2.75, 3.05) is 48.6 Å². The van der Waals surface area contributed by atoms with Crippen LogP contribution in [0.3, 0.4) is 0 Å². The zero-order chi connectivity index (χ0) is 22.8. The summed E-state index contributed by atoms with van der Waals surface area (Å²) in [5.74, 6) is 3.03. The summed E-state index contributed by atoms with van der Waals surface area (Å²) >= 11 is 1.89. The van der Waals surface area contributed by atoms with E-state index < -0.39 is 4.92 Å². The number of anilines is 3. The highest BCUT2D eigenvalue weighted by Crippen LogP contribution is 2.35. The molecule has 3 N–H and O–H groups in total. The highest BCUT2D eigenvalue weighted by molar-refractivity contribution is 7.99. The standard InChI is InChI=1S/C20H24N6O5S/c21-12-14-1-2-18(22-13-14)24-19-16(26(28)29)11-17(31-8-7-30-6-5-27)20(25-19)23-15-3-9-32-10-4-15/h1-2,11,13,15,27H,3-10H2,(H2,22,23,24,25). The third-order valence-corrected chi connectivity index (χ3v) is 5.63. The average Bonchev–Trinajstić information content (AvgIpc) is 2.81. The zero-order valence-electron chi connectivity index (χ0n) is 17.3. The van der Waals surface area contributed by atoms with Crippen molar-refractivity contribution in [1.82, 2.24) is 9.97 Å². The van der Waals surface area contributed by atoms with Gasteiger partial charge in [-0.15, -0.1) is 0 Å². The van der Waals surface area contributed by atoms with E-state index in [0.29, 0.717) is 17.2 Å². The lowest BCUT2D eigenvalue weighted by atomic mass is 10.1. The molecule has 3 rings (SSSR count). The summed E-state index contributed by atoms with van der Waals surface area (Å²) in [6.45, 7) is 0.470. The van der Waals surface area contributed by atoms with Gasteiger partial charge in [0.1, 0.15) is 18.5 Å². The summed E-state index contributed by atoms with van der Waals surface area (Å²) in [6, 6.07) is 6.59. The van der Waals surface area contributed by atoms with E-state index in [1.165, 1.54) is 12.3 Å². The van der Waals surface area contributed by atoms with Crippen molar-refractivity contribution >= 4 is 34.9 Å². The van der Waals surface area contributed by atoms with E-state index in [1.807, 2.05) is 17.8 Å². The van der Waals surface area contributed by atoms with Crippen LogP contribution in [0.5, 0.6) is 5.75 Å². The van der Waals surface area contributed by atoms with Crippen molar-refractivity contribution in [3.8, 4) is 11.8 Å². The second kappa shape index (κ2) is 12.0. The Balaban J connectivity index is 1.87. The van der Waals surface area contributed by atoms with E-state index in [9.17, 15) is 10.1 Å². The van der Waals surface area contributed by atoms with Gasteiger partial charge < -0.3 is 25.2 Å². The number of rotatable bonds is 11. The molecule has 2 aromatic rings. The van der Waals surface area contributed by atoms with Gasteiger partial charge in [-0.2, -0.15) is 17.0 Å². The molecular weight excluding hydrogens is 436 g/mol. The van der Waals surface area contributed by atoms with Crippen LogP contribution in [0.1, 0.15) is 18.4 Å². The summed E-state index contributed by atoms with van der Waals surface area (Å²) < 4.78 is 10.9. The largest absolute Gasteiger partial charge is 0.487 e. The molecule has 12 heteroatoms. The molecular formula is C20H24N6O5S. The van der Waals surface area contributed by atoms with Gasteiger partial charge in [0, 0.05) is 12.2 Å². The number of pyridine rings is 2. The molecule has 11 nitrogen and oxygen atoms in total. The Morgan fingerprint density at radius 3 is 2.75 bits per heavy atom. The molecule has 0 aliphatic carbocycles. The van der Waals surface area contributed by atoms with Crippen molar-refractivity contribution in [3.05, 3.63) is 40.1 Å². The van der Waals surface area contributed by atoms with Crippen molar-refractivity contribution in [2.45, 2.75) is 18.9 Å². The Hall–Kier alpha value is -3.14. The van der Waals surface area contributed by atoms with Crippen molar-refractivity contribution in [1.29, 1.82) is 5.26 Å². The van der Waals surface area contributed by atoms with Crippen LogP contribution in [0, 0.1) is 21.4 Å². The van der Waals surface area contributed by atoms with Gasteiger partial charge in [0.25, 0.3) is 0 Å². The second-order valence-corrected chi connectivity index (χ2v) is 8.07. The van der Waals surface area contributed by atoms with E-state index in [4.69, 9.17) is 19.8 Å².